The molecule has 0 bridgehead atoms. The Balaban J connectivity index is 1.58. The van der Waals surface area contributed by atoms with E-state index in [1.807, 2.05) is 6.07 Å². The number of unbranched alkanes of at least 4 members (excludes halogenated alkanes) is 1. The fourth-order valence-corrected chi connectivity index (χ4v) is 4.23. The average Bonchev–Trinajstić information content (AvgIpc) is 2.78. The van der Waals surface area contributed by atoms with Gasteiger partial charge in [0.2, 0.25) is 0 Å². The molecule has 0 aliphatic rings. The molecule has 0 spiro atoms. The van der Waals surface area contributed by atoms with Crippen molar-refractivity contribution >= 4 is 22.4 Å². The van der Waals surface area contributed by atoms with Gasteiger partial charge in [-0.15, -0.1) is 0 Å². The molecule has 0 aliphatic carbocycles. The second-order valence-electron chi connectivity index (χ2n) is 7.98. The van der Waals surface area contributed by atoms with Crippen LogP contribution in [0.4, 0.5) is 4.39 Å². The van der Waals surface area contributed by atoms with E-state index in [9.17, 15) is 4.39 Å². The van der Waals surface area contributed by atoms with Crippen molar-refractivity contribution in [2.24, 2.45) is 0 Å². The van der Waals surface area contributed by atoms with Gasteiger partial charge in [0.1, 0.15) is 5.82 Å². The topological polar surface area (TPSA) is 0 Å². The van der Waals surface area contributed by atoms with E-state index in [2.05, 4.69) is 73.7 Å². The monoisotopic (exact) mass is 416 g/mol. The maximum atomic E-state index is 13.8. The van der Waals surface area contributed by atoms with Gasteiger partial charge in [-0.3, -0.25) is 0 Å². The molecule has 0 N–H and O–H groups in total. The first-order chi connectivity index (χ1) is 14.6. The lowest BCUT2D eigenvalue weighted by Gasteiger charge is -2.18. The summed E-state index contributed by atoms with van der Waals surface area (Å²) in [7, 11) is 0. The summed E-state index contributed by atoms with van der Waals surface area (Å²) >= 11 is 5.82. The first-order valence-electron chi connectivity index (χ1n) is 10.7. The molecule has 0 aliphatic heterocycles. The van der Waals surface area contributed by atoms with Crippen LogP contribution in [0.15, 0.2) is 84.9 Å². The van der Waals surface area contributed by atoms with E-state index in [-0.39, 0.29) is 10.8 Å². The Kier molecular flexibility index (Phi) is 6.50. The lowest BCUT2D eigenvalue weighted by atomic mass is 9.86. The van der Waals surface area contributed by atoms with Crippen LogP contribution in [0, 0.1) is 5.82 Å². The molecule has 0 saturated carbocycles. The van der Waals surface area contributed by atoms with E-state index in [1.165, 1.54) is 40.8 Å². The second-order valence-corrected chi connectivity index (χ2v) is 8.38. The SMILES string of the molecule is CCCCC(Cc1ccc2ccccc2c1)c1ccc(-c2ccc(Cl)c(F)c2)cc1. The normalized spacial score (nSPS) is 12.2. The van der Waals surface area contributed by atoms with Crippen molar-refractivity contribution in [1.29, 1.82) is 0 Å². The molecule has 1 atom stereocenters. The molecule has 1 unspecified atom stereocenters. The summed E-state index contributed by atoms with van der Waals surface area (Å²) in [6.45, 7) is 2.24. The van der Waals surface area contributed by atoms with Crippen LogP contribution >= 0.6 is 11.6 Å². The number of rotatable bonds is 7. The van der Waals surface area contributed by atoms with Gasteiger partial charge in [0.15, 0.2) is 0 Å². The van der Waals surface area contributed by atoms with Crippen LogP contribution in [0.2, 0.25) is 5.02 Å². The molecule has 0 radical (unpaired) electrons. The van der Waals surface area contributed by atoms with Gasteiger partial charge in [-0.25, -0.2) is 4.39 Å². The molecule has 0 nitrogen and oxygen atoms in total. The van der Waals surface area contributed by atoms with Gasteiger partial charge >= 0.3 is 0 Å². The summed E-state index contributed by atoms with van der Waals surface area (Å²) < 4.78 is 13.8. The van der Waals surface area contributed by atoms with Crippen LogP contribution in [0.5, 0.6) is 0 Å². The third-order valence-corrected chi connectivity index (χ3v) is 6.14. The van der Waals surface area contributed by atoms with Crippen molar-refractivity contribution in [2.75, 3.05) is 0 Å². The smallest absolute Gasteiger partial charge is 0.142 e. The highest BCUT2D eigenvalue weighted by Gasteiger charge is 2.13. The molecule has 0 amide bonds. The molecular weight excluding hydrogens is 391 g/mol. The summed E-state index contributed by atoms with van der Waals surface area (Å²) in [6.07, 6.45) is 4.59. The van der Waals surface area contributed by atoms with Gasteiger partial charge in [0.05, 0.1) is 5.02 Å². The van der Waals surface area contributed by atoms with E-state index in [0.29, 0.717) is 5.92 Å². The highest BCUT2D eigenvalue weighted by atomic mass is 35.5. The van der Waals surface area contributed by atoms with Crippen LogP contribution in [-0.2, 0) is 6.42 Å². The zero-order valence-corrected chi connectivity index (χ0v) is 18.0. The fraction of sp³-hybridized carbons (Fsp3) is 0.214. The van der Waals surface area contributed by atoms with Gasteiger partial charge in [-0.1, -0.05) is 104 Å². The molecule has 0 saturated heterocycles. The predicted molar refractivity (Wildman–Crippen MR) is 127 cm³/mol. The van der Waals surface area contributed by atoms with E-state index in [4.69, 9.17) is 11.6 Å². The van der Waals surface area contributed by atoms with Crippen molar-refractivity contribution in [3.63, 3.8) is 0 Å². The van der Waals surface area contributed by atoms with Crippen molar-refractivity contribution in [3.8, 4) is 11.1 Å². The third kappa shape index (κ3) is 4.74. The van der Waals surface area contributed by atoms with Gasteiger partial charge < -0.3 is 0 Å². The molecule has 2 heteroatoms. The number of halogens is 2. The lowest BCUT2D eigenvalue weighted by Crippen LogP contribution is -2.03. The Morgan fingerprint density at radius 3 is 2.27 bits per heavy atom. The highest BCUT2D eigenvalue weighted by Crippen LogP contribution is 2.31. The van der Waals surface area contributed by atoms with Crippen LogP contribution in [0.1, 0.15) is 43.2 Å². The molecule has 4 aromatic carbocycles. The Morgan fingerprint density at radius 2 is 1.53 bits per heavy atom. The number of hydrogen-bond acceptors (Lipinski definition) is 0. The van der Waals surface area contributed by atoms with Crippen LogP contribution < -0.4 is 0 Å². The zero-order chi connectivity index (χ0) is 20.9. The Bertz CT molecular complexity index is 1130. The van der Waals surface area contributed by atoms with E-state index in [1.54, 1.807) is 6.07 Å². The lowest BCUT2D eigenvalue weighted by molar-refractivity contribution is 0.582. The minimum absolute atomic E-state index is 0.158. The molecule has 30 heavy (non-hydrogen) atoms. The van der Waals surface area contributed by atoms with Gasteiger partial charge in [-0.2, -0.15) is 0 Å². The highest BCUT2D eigenvalue weighted by molar-refractivity contribution is 6.30. The fourth-order valence-electron chi connectivity index (χ4n) is 4.11. The summed E-state index contributed by atoms with van der Waals surface area (Å²) in [5, 5.41) is 2.74. The van der Waals surface area contributed by atoms with Crippen molar-refractivity contribution in [3.05, 3.63) is 107 Å². The Hall–Kier alpha value is -2.64. The van der Waals surface area contributed by atoms with Crippen LogP contribution in [0.3, 0.4) is 0 Å². The number of benzene rings is 4. The first kappa shape index (κ1) is 20.6. The molecule has 4 aromatic rings. The first-order valence-corrected chi connectivity index (χ1v) is 11.0. The van der Waals surface area contributed by atoms with Crippen LogP contribution in [0.25, 0.3) is 21.9 Å². The summed E-state index contributed by atoms with van der Waals surface area (Å²) in [5.74, 6) is 0.0949. The molecule has 152 valence electrons. The second kappa shape index (κ2) is 9.45. The summed E-state index contributed by atoms with van der Waals surface area (Å²) in [6, 6.07) is 28.9. The van der Waals surface area contributed by atoms with Gasteiger partial charge in [-0.05, 0) is 63.9 Å². The van der Waals surface area contributed by atoms with Gasteiger partial charge in [0, 0.05) is 0 Å². The van der Waals surface area contributed by atoms with Crippen molar-refractivity contribution in [1.82, 2.24) is 0 Å². The van der Waals surface area contributed by atoms with Crippen molar-refractivity contribution < 1.29 is 4.39 Å². The maximum Gasteiger partial charge on any atom is 0.142 e. The van der Waals surface area contributed by atoms with E-state index in [0.717, 1.165) is 24.0 Å². The minimum atomic E-state index is -0.379. The number of fused-ring (bicyclic) bond motifs is 1. The quantitative estimate of drug-likeness (QED) is 0.282. The standard InChI is InChI=1S/C28H26ClF/c1-2-3-6-24(17-20-9-10-21-7-4-5-8-25(21)18-20)22-11-13-23(14-12-22)26-15-16-27(29)28(30)19-26/h4-5,7-16,18-19,24H,2-3,6,17H2,1H3. The van der Waals surface area contributed by atoms with E-state index >= 15 is 0 Å². The number of hydrogen-bond donors (Lipinski definition) is 0. The average molecular weight is 417 g/mol. The summed E-state index contributed by atoms with van der Waals surface area (Å²) in [4.78, 5) is 0. The molecule has 0 heterocycles. The Labute approximate surface area is 183 Å². The maximum absolute atomic E-state index is 13.8. The summed E-state index contributed by atoms with van der Waals surface area (Å²) in [5.41, 5.74) is 4.57. The molecule has 0 aromatic heterocycles. The molecular formula is C28H26ClF. The largest absolute Gasteiger partial charge is 0.205 e. The van der Waals surface area contributed by atoms with Crippen LogP contribution in [-0.4, -0.2) is 0 Å². The molecule has 4 rings (SSSR count). The predicted octanol–water partition coefficient (Wildman–Crippen LogP) is 8.82. The van der Waals surface area contributed by atoms with Gasteiger partial charge in [0.25, 0.3) is 0 Å². The van der Waals surface area contributed by atoms with E-state index < -0.39 is 0 Å². The molecule has 0 fully saturated rings. The minimum Gasteiger partial charge on any atom is -0.205 e. The zero-order valence-electron chi connectivity index (χ0n) is 17.2. The third-order valence-electron chi connectivity index (χ3n) is 5.84. The van der Waals surface area contributed by atoms with Crippen molar-refractivity contribution in [2.45, 2.75) is 38.5 Å². The Morgan fingerprint density at radius 1 is 0.800 bits per heavy atom.